The van der Waals surface area contributed by atoms with E-state index in [0.29, 0.717) is 12.2 Å². The SMILES string of the molecule is CC1CNc2c(C(N)=O)ccc(OC(F)F)c2O1. The van der Waals surface area contributed by atoms with Gasteiger partial charge in [0, 0.05) is 0 Å². The minimum atomic E-state index is -2.96. The molecule has 0 spiro atoms. The molecule has 3 N–H and O–H groups in total. The molecule has 1 atom stereocenters. The maximum Gasteiger partial charge on any atom is 0.387 e. The van der Waals surface area contributed by atoms with Crippen molar-refractivity contribution in [2.24, 2.45) is 5.73 Å². The van der Waals surface area contributed by atoms with Crippen molar-refractivity contribution in [3.05, 3.63) is 17.7 Å². The van der Waals surface area contributed by atoms with Crippen LogP contribution in [0.4, 0.5) is 14.5 Å². The topological polar surface area (TPSA) is 73.6 Å². The number of nitrogens with one attached hydrogen (secondary N) is 1. The first-order valence-corrected chi connectivity index (χ1v) is 5.31. The van der Waals surface area contributed by atoms with Gasteiger partial charge in [0.15, 0.2) is 11.5 Å². The third kappa shape index (κ3) is 2.29. The molecule has 1 aromatic carbocycles. The fourth-order valence-corrected chi connectivity index (χ4v) is 1.74. The Hall–Kier alpha value is -2.05. The standard InChI is InChI=1S/C11H12F2N2O3/c1-5-4-15-8-6(10(14)16)2-3-7(9(8)17-5)18-11(12)13/h2-3,5,11,15H,4H2,1H3,(H2,14,16). The average molecular weight is 258 g/mol. The van der Waals surface area contributed by atoms with Gasteiger partial charge >= 0.3 is 6.61 Å². The Morgan fingerprint density at radius 2 is 2.33 bits per heavy atom. The highest BCUT2D eigenvalue weighted by atomic mass is 19.3. The van der Waals surface area contributed by atoms with Gasteiger partial charge in [-0.15, -0.1) is 0 Å². The van der Waals surface area contributed by atoms with E-state index in [1.54, 1.807) is 6.92 Å². The Morgan fingerprint density at radius 3 is 2.94 bits per heavy atom. The second-order valence-corrected chi connectivity index (χ2v) is 3.87. The molecule has 1 amide bonds. The van der Waals surface area contributed by atoms with Gasteiger partial charge in [-0.1, -0.05) is 0 Å². The lowest BCUT2D eigenvalue weighted by atomic mass is 10.1. The zero-order valence-corrected chi connectivity index (χ0v) is 9.57. The molecule has 1 aliphatic rings. The molecule has 1 heterocycles. The molecule has 0 radical (unpaired) electrons. The zero-order chi connectivity index (χ0) is 13.3. The molecule has 0 saturated carbocycles. The Kier molecular flexibility index (Phi) is 3.22. The highest BCUT2D eigenvalue weighted by molar-refractivity contribution is 6.00. The second-order valence-electron chi connectivity index (χ2n) is 3.87. The predicted molar refractivity (Wildman–Crippen MR) is 60.2 cm³/mol. The van der Waals surface area contributed by atoms with Crippen LogP contribution in [0.2, 0.25) is 0 Å². The summed E-state index contributed by atoms with van der Waals surface area (Å²) in [5.41, 5.74) is 5.67. The van der Waals surface area contributed by atoms with Crippen molar-refractivity contribution in [1.29, 1.82) is 0 Å². The first-order chi connectivity index (χ1) is 8.49. The molecular weight excluding hydrogens is 246 g/mol. The number of carbonyl (C=O) groups is 1. The number of primary amides is 1. The number of hydrogen-bond donors (Lipinski definition) is 2. The molecule has 1 aromatic rings. The van der Waals surface area contributed by atoms with E-state index in [1.807, 2.05) is 0 Å². The number of alkyl halides is 2. The molecule has 18 heavy (non-hydrogen) atoms. The number of nitrogens with two attached hydrogens (primary N) is 1. The maximum absolute atomic E-state index is 12.3. The Balaban J connectivity index is 2.48. The van der Waals surface area contributed by atoms with Gasteiger partial charge in [-0.2, -0.15) is 8.78 Å². The molecule has 1 aliphatic heterocycles. The number of carbonyl (C=O) groups excluding carboxylic acids is 1. The summed E-state index contributed by atoms with van der Waals surface area (Å²) in [5, 5.41) is 2.93. The largest absolute Gasteiger partial charge is 0.483 e. The van der Waals surface area contributed by atoms with Gasteiger partial charge in [-0.05, 0) is 19.1 Å². The van der Waals surface area contributed by atoms with Gasteiger partial charge in [-0.3, -0.25) is 4.79 Å². The number of benzene rings is 1. The summed E-state index contributed by atoms with van der Waals surface area (Å²) >= 11 is 0. The minimum Gasteiger partial charge on any atom is -0.483 e. The molecule has 0 saturated heterocycles. The molecule has 0 fully saturated rings. The summed E-state index contributed by atoms with van der Waals surface area (Å²) in [6.45, 7) is -0.751. The van der Waals surface area contributed by atoms with Gasteiger partial charge < -0.3 is 20.5 Å². The smallest absolute Gasteiger partial charge is 0.387 e. The van der Waals surface area contributed by atoms with Crippen LogP contribution in [0, 0.1) is 0 Å². The van der Waals surface area contributed by atoms with Gasteiger partial charge in [0.1, 0.15) is 6.10 Å². The van der Waals surface area contributed by atoms with Crippen LogP contribution in [0.25, 0.3) is 0 Å². The van der Waals surface area contributed by atoms with Crippen molar-refractivity contribution in [3.8, 4) is 11.5 Å². The van der Waals surface area contributed by atoms with Gasteiger partial charge in [-0.25, -0.2) is 0 Å². The van der Waals surface area contributed by atoms with Crippen LogP contribution in [0.15, 0.2) is 12.1 Å². The number of halogens is 2. The second kappa shape index (κ2) is 4.67. The van der Waals surface area contributed by atoms with Gasteiger partial charge in [0.05, 0.1) is 17.8 Å². The summed E-state index contributed by atoms with van der Waals surface area (Å²) in [5.74, 6) is -0.699. The number of rotatable bonds is 3. The summed E-state index contributed by atoms with van der Waals surface area (Å²) in [4.78, 5) is 11.2. The number of hydrogen-bond acceptors (Lipinski definition) is 4. The average Bonchev–Trinajstić information content (AvgIpc) is 2.28. The fraction of sp³-hybridized carbons (Fsp3) is 0.364. The third-order valence-corrected chi connectivity index (χ3v) is 2.49. The lowest BCUT2D eigenvalue weighted by Crippen LogP contribution is -2.30. The number of ether oxygens (including phenoxy) is 2. The molecule has 2 rings (SSSR count). The molecule has 0 aliphatic carbocycles. The Labute approximate surface area is 102 Å². The van der Waals surface area contributed by atoms with Crippen LogP contribution in [0.3, 0.4) is 0 Å². The lowest BCUT2D eigenvalue weighted by Gasteiger charge is -2.27. The van der Waals surface area contributed by atoms with Gasteiger partial charge in [0.2, 0.25) is 0 Å². The quantitative estimate of drug-likeness (QED) is 0.863. The molecular formula is C11H12F2N2O3. The summed E-state index contributed by atoms with van der Waals surface area (Å²) in [7, 11) is 0. The van der Waals surface area contributed by atoms with E-state index in [9.17, 15) is 13.6 Å². The van der Waals surface area contributed by atoms with Crippen LogP contribution in [-0.4, -0.2) is 25.2 Å². The van der Waals surface area contributed by atoms with E-state index < -0.39 is 12.5 Å². The van der Waals surface area contributed by atoms with Gasteiger partial charge in [0.25, 0.3) is 5.91 Å². The molecule has 0 aromatic heterocycles. The van der Waals surface area contributed by atoms with Crippen molar-refractivity contribution < 1.29 is 23.0 Å². The highest BCUT2D eigenvalue weighted by Crippen LogP contribution is 2.41. The Bertz CT molecular complexity index is 480. The zero-order valence-electron chi connectivity index (χ0n) is 9.57. The molecule has 1 unspecified atom stereocenters. The van der Waals surface area contributed by atoms with E-state index in [1.165, 1.54) is 12.1 Å². The first-order valence-electron chi connectivity index (χ1n) is 5.31. The molecule has 0 bridgehead atoms. The highest BCUT2D eigenvalue weighted by Gasteiger charge is 2.25. The van der Waals surface area contributed by atoms with E-state index in [0.717, 1.165) is 0 Å². The minimum absolute atomic E-state index is 0.0883. The van der Waals surface area contributed by atoms with Crippen LogP contribution in [0.5, 0.6) is 11.5 Å². The van der Waals surface area contributed by atoms with E-state index in [-0.39, 0.29) is 23.2 Å². The van der Waals surface area contributed by atoms with Crippen LogP contribution in [0.1, 0.15) is 17.3 Å². The summed E-state index contributed by atoms with van der Waals surface area (Å²) < 4.78 is 34.3. The summed E-state index contributed by atoms with van der Waals surface area (Å²) in [6, 6.07) is 2.57. The molecule has 5 nitrogen and oxygen atoms in total. The normalized spacial score (nSPS) is 17.7. The van der Waals surface area contributed by atoms with Crippen molar-refractivity contribution in [1.82, 2.24) is 0 Å². The Morgan fingerprint density at radius 1 is 1.61 bits per heavy atom. The van der Waals surface area contributed by atoms with Crippen LogP contribution in [-0.2, 0) is 0 Å². The predicted octanol–water partition coefficient (Wildman–Crippen LogP) is 1.58. The monoisotopic (exact) mass is 258 g/mol. The fourth-order valence-electron chi connectivity index (χ4n) is 1.74. The first kappa shape index (κ1) is 12.4. The van der Waals surface area contributed by atoms with E-state index in [2.05, 4.69) is 10.1 Å². The maximum atomic E-state index is 12.3. The van der Waals surface area contributed by atoms with Crippen LogP contribution >= 0.6 is 0 Å². The number of anilines is 1. The van der Waals surface area contributed by atoms with Crippen molar-refractivity contribution in [2.45, 2.75) is 19.6 Å². The van der Waals surface area contributed by atoms with E-state index >= 15 is 0 Å². The van der Waals surface area contributed by atoms with E-state index in [4.69, 9.17) is 10.5 Å². The lowest BCUT2D eigenvalue weighted by molar-refractivity contribution is -0.0519. The molecule has 98 valence electrons. The van der Waals surface area contributed by atoms with Crippen molar-refractivity contribution in [3.63, 3.8) is 0 Å². The number of amides is 1. The molecule has 7 heteroatoms. The summed E-state index contributed by atoms with van der Waals surface area (Å²) in [6.07, 6.45) is -0.222. The number of fused-ring (bicyclic) bond motifs is 1. The third-order valence-electron chi connectivity index (χ3n) is 2.49. The van der Waals surface area contributed by atoms with Crippen LogP contribution < -0.4 is 20.5 Å². The van der Waals surface area contributed by atoms with Crippen molar-refractivity contribution >= 4 is 11.6 Å². The van der Waals surface area contributed by atoms with Crippen molar-refractivity contribution in [2.75, 3.05) is 11.9 Å².